The number of anilines is 1. The van der Waals surface area contributed by atoms with E-state index in [1.807, 2.05) is 31.2 Å². The Bertz CT molecular complexity index is 1180. The van der Waals surface area contributed by atoms with Crippen LogP contribution in [0.5, 0.6) is 0 Å². The van der Waals surface area contributed by atoms with Gasteiger partial charge in [0.2, 0.25) is 5.91 Å². The second-order valence-electron chi connectivity index (χ2n) is 7.30. The highest BCUT2D eigenvalue weighted by Gasteiger charge is 2.27. The molecule has 0 aliphatic carbocycles. The molecular weight excluding hydrogens is 467 g/mol. The van der Waals surface area contributed by atoms with E-state index in [2.05, 4.69) is 5.32 Å². The van der Waals surface area contributed by atoms with Crippen LogP contribution in [-0.4, -0.2) is 27.4 Å². The largest absolute Gasteiger partial charge is 0.355 e. The molecule has 0 aliphatic heterocycles. The predicted octanol–water partition coefficient (Wildman–Crippen LogP) is 5.25. The van der Waals surface area contributed by atoms with Crippen LogP contribution < -0.4 is 9.62 Å². The van der Waals surface area contributed by atoms with E-state index < -0.39 is 15.9 Å². The smallest absolute Gasteiger partial charge is 0.264 e. The summed E-state index contributed by atoms with van der Waals surface area (Å²) >= 11 is 12.4. The molecule has 0 aliphatic rings. The number of benzene rings is 3. The van der Waals surface area contributed by atoms with Crippen LogP contribution in [0.4, 0.5) is 5.69 Å². The summed E-state index contributed by atoms with van der Waals surface area (Å²) in [6.07, 6.45) is 1.39. The molecule has 0 fully saturated rings. The molecule has 168 valence electrons. The Balaban J connectivity index is 1.73. The first kappa shape index (κ1) is 24.1. The molecule has 0 radical (unpaired) electrons. The lowest BCUT2D eigenvalue weighted by molar-refractivity contribution is -0.119. The number of halogens is 2. The van der Waals surface area contributed by atoms with Gasteiger partial charge in [-0.2, -0.15) is 0 Å². The SMILES string of the molecule is Cc1ccc(N(CC(=O)NCCCc2ccccc2Cl)S(=O)(=O)c2ccccc2)cc1Cl. The summed E-state index contributed by atoms with van der Waals surface area (Å²) in [6, 6.07) is 20.5. The van der Waals surface area contributed by atoms with Crippen LogP contribution in [0.2, 0.25) is 10.0 Å². The van der Waals surface area contributed by atoms with E-state index in [9.17, 15) is 13.2 Å². The van der Waals surface area contributed by atoms with Crippen molar-refractivity contribution in [2.75, 3.05) is 17.4 Å². The van der Waals surface area contributed by atoms with Gasteiger partial charge in [0, 0.05) is 16.6 Å². The van der Waals surface area contributed by atoms with Gasteiger partial charge in [0.05, 0.1) is 10.6 Å². The zero-order valence-electron chi connectivity index (χ0n) is 17.6. The van der Waals surface area contributed by atoms with E-state index in [4.69, 9.17) is 23.2 Å². The van der Waals surface area contributed by atoms with E-state index in [-0.39, 0.29) is 11.4 Å². The van der Waals surface area contributed by atoms with Gasteiger partial charge in [-0.25, -0.2) is 8.42 Å². The van der Waals surface area contributed by atoms with Crippen LogP contribution in [0.15, 0.2) is 77.7 Å². The Labute approximate surface area is 199 Å². The molecular formula is C24H24Cl2N2O3S. The van der Waals surface area contributed by atoms with Crippen molar-refractivity contribution >= 4 is 44.8 Å². The van der Waals surface area contributed by atoms with Crippen molar-refractivity contribution in [2.45, 2.75) is 24.7 Å². The molecule has 0 heterocycles. The third-order valence-corrected chi connectivity index (χ3v) is 7.53. The molecule has 32 heavy (non-hydrogen) atoms. The summed E-state index contributed by atoms with van der Waals surface area (Å²) in [5, 5.41) is 3.92. The highest BCUT2D eigenvalue weighted by Crippen LogP contribution is 2.28. The van der Waals surface area contributed by atoms with Crippen molar-refractivity contribution in [2.24, 2.45) is 0 Å². The summed E-state index contributed by atoms with van der Waals surface area (Å²) in [5.74, 6) is -0.402. The number of hydrogen-bond acceptors (Lipinski definition) is 3. The number of amides is 1. The highest BCUT2D eigenvalue weighted by molar-refractivity contribution is 7.92. The lowest BCUT2D eigenvalue weighted by atomic mass is 10.1. The average Bonchev–Trinajstić information content (AvgIpc) is 2.78. The third kappa shape index (κ3) is 6.03. The van der Waals surface area contributed by atoms with Gasteiger partial charge in [-0.3, -0.25) is 9.10 Å². The third-order valence-electron chi connectivity index (χ3n) is 4.96. The van der Waals surface area contributed by atoms with Crippen molar-refractivity contribution in [3.8, 4) is 0 Å². The molecule has 3 rings (SSSR count). The zero-order valence-corrected chi connectivity index (χ0v) is 19.9. The minimum absolute atomic E-state index is 0.100. The fourth-order valence-corrected chi connectivity index (χ4v) is 5.00. The van der Waals surface area contributed by atoms with Gasteiger partial charge >= 0.3 is 0 Å². The summed E-state index contributed by atoms with van der Waals surface area (Å²) in [4.78, 5) is 12.8. The van der Waals surface area contributed by atoms with Gasteiger partial charge in [-0.15, -0.1) is 0 Å². The molecule has 0 atom stereocenters. The molecule has 1 N–H and O–H groups in total. The highest BCUT2D eigenvalue weighted by atomic mass is 35.5. The fourth-order valence-electron chi connectivity index (χ4n) is 3.17. The second kappa shape index (κ2) is 10.9. The number of carbonyl (C=O) groups excluding carboxylic acids is 1. The number of nitrogens with one attached hydrogen (secondary N) is 1. The maximum absolute atomic E-state index is 13.3. The minimum atomic E-state index is -3.96. The van der Waals surface area contributed by atoms with Crippen molar-refractivity contribution in [1.82, 2.24) is 5.32 Å². The van der Waals surface area contributed by atoms with Crippen LogP contribution in [0.1, 0.15) is 17.5 Å². The van der Waals surface area contributed by atoms with E-state index in [0.29, 0.717) is 35.1 Å². The maximum atomic E-state index is 13.3. The summed E-state index contributed by atoms with van der Waals surface area (Å²) < 4.78 is 27.7. The van der Waals surface area contributed by atoms with Crippen LogP contribution in [-0.2, 0) is 21.2 Å². The van der Waals surface area contributed by atoms with E-state index >= 15 is 0 Å². The average molecular weight is 491 g/mol. The van der Waals surface area contributed by atoms with Crippen molar-refractivity contribution in [1.29, 1.82) is 0 Å². The van der Waals surface area contributed by atoms with Crippen LogP contribution in [0.25, 0.3) is 0 Å². The molecule has 3 aromatic carbocycles. The molecule has 8 heteroatoms. The van der Waals surface area contributed by atoms with Gasteiger partial charge in [0.25, 0.3) is 10.0 Å². The molecule has 0 aromatic heterocycles. The summed E-state index contributed by atoms with van der Waals surface area (Å²) in [5.41, 5.74) is 2.15. The zero-order chi connectivity index (χ0) is 23.1. The number of aryl methyl sites for hydroxylation is 2. The van der Waals surface area contributed by atoms with Gasteiger partial charge in [0.1, 0.15) is 6.54 Å². The Kier molecular flexibility index (Phi) is 8.18. The molecule has 3 aromatic rings. The van der Waals surface area contributed by atoms with Crippen molar-refractivity contribution in [3.05, 3.63) is 94.0 Å². The minimum Gasteiger partial charge on any atom is -0.355 e. The van der Waals surface area contributed by atoms with Gasteiger partial charge in [0.15, 0.2) is 0 Å². The molecule has 0 bridgehead atoms. The van der Waals surface area contributed by atoms with Crippen molar-refractivity contribution < 1.29 is 13.2 Å². The lowest BCUT2D eigenvalue weighted by Gasteiger charge is -2.24. The van der Waals surface area contributed by atoms with E-state index in [1.54, 1.807) is 36.4 Å². The Morgan fingerprint density at radius 3 is 2.31 bits per heavy atom. The first-order valence-electron chi connectivity index (χ1n) is 10.1. The number of hydrogen-bond donors (Lipinski definition) is 1. The molecule has 0 unspecified atom stereocenters. The quantitative estimate of drug-likeness (QED) is 0.416. The number of nitrogens with zero attached hydrogens (tertiary/aromatic N) is 1. The predicted molar refractivity (Wildman–Crippen MR) is 130 cm³/mol. The summed E-state index contributed by atoms with van der Waals surface area (Å²) in [7, 11) is -3.96. The molecule has 5 nitrogen and oxygen atoms in total. The van der Waals surface area contributed by atoms with Crippen LogP contribution >= 0.6 is 23.2 Å². The number of sulfonamides is 1. The number of rotatable bonds is 9. The van der Waals surface area contributed by atoms with Crippen molar-refractivity contribution in [3.63, 3.8) is 0 Å². The second-order valence-corrected chi connectivity index (χ2v) is 9.98. The lowest BCUT2D eigenvalue weighted by Crippen LogP contribution is -2.41. The Morgan fingerprint density at radius 1 is 0.938 bits per heavy atom. The Morgan fingerprint density at radius 2 is 1.62 bits per heavy atom. The van der Waals surface area contributed by atoms with Gasteiger partial charge in [-0.05, 0) is 61.2 Å². The van der Waals surface area contributed by atoms with Crippen LogP contribution in [0.3, 0.4) is 0 Å². The van der Waals surface area contributed by atoms with Crippen LogP contribution in [0, 0.1) is 6.92 Å². The molecule has 0 saturated heterocycles. The maximum Gasteiger partial charge on any atom is 0.264 e. The first-order chi connectivity index (χ1) is 15.3. The fraction of sp³-hybridized carbons (Fsp3) is 0.208. The molecule has 1 amide bonds. The molecule has 0 spiro atoms. The first-order valence-corrected chi connectivity index (χ1v) is 12.3. The standard InChI is InChI=1S/C24H24Cl2N2O3S/c1-18-13-14-20(16-23(18)26)28(32(30,31)21-10-3-2-4-11-21)17-24(29)27-15-7-9-19-8-5-6-12-22(19)25/h2-6,8,10-14,16H,7,9,15,17H2,1H3,(H,27,29). The summed E-state index contributed by atoms with van der Waals surface area (Å²) in [6.45, 7) is 1.87. The number of carbonyl (C=O) groups is 1. The van der Waals surface area contributed by atoms with E-state index in [1.165, 1.54) is 12.1 Å². The van der Waals surface area contributed by atoms with E-state index in [0.717, 1.165) is 15.4 Å². The van der Waals surface area contributed by atoms with Gasteiger partial charge in [-0.1, -0.05) is 65.7 Å². The monoisotopic (exact) mass is 490 g/mol. The topological polar surface area (TPSA) is 66.5 Å². The normalized spacial score (nSPS) is 11.2. The van der Waals surface area contributed by atoms with Gasteiger partial charge < -0.3 is 5.32 Å². The molecule has 0 saturated carbocycles. The Hall–Kier alpha value is -2.54.